The second kappa shape index (κ2) is 3.89. The molecule has 1 aromatic carbocycles. The van der Waals surface area contributed by atoms with Crippen molar-refractivity contribution in [3.8, 4) is 5.88 Å². The molecule has 3 aromatic rings. The maximum atomic E-state index is 12.2. The van der Waals surface area contributed by atoms with Gasteiger partial charge in [-0.1, -0.05) is 11.6 Å². The smallest absolute Gasteiger partial charge is 0.335 e. The molecule has 0 aliphatic carbocycles. The average molecular weight is 263 g/mol. The van der Waals surface area contributed by atoms with Crippen LogP contribution in [0.3, 0.4) is 0 Å². The van der Waals surface area contributed by atoms with E-state index in [0.29, 0.717) is 15.9 Å². The summed E-state index contributed by atoms with van der Waals surface area (Å²) in [5, 5.41) is 0.760. The van der Waals surface area contributed by atoms with Gasteiger partial charge in [-0.25, -0.2) is 4.79 Å². The summed E-state index contributed by atoms with van der Waals surface area (Å²) in [5.74, 6) is 0.170. The van der Waals surface area contributed by atoms with Crippen LogP contribution in [0.15, 0.2) is 50.6 Å². The lowest BCUT2D eigenvalue weighted by atomic mass is 10.2. The summed E-state index contributed by atoms with van der Waals surface area (Å²) in [6.07, 6.45) is 1.39. The summed E-state index contributed by atoms with van der Waals surface area (Å²) < 4.78 is 6.00. The molecular weight excluding hydrogens is 256 g/mol. The number of fused-ring (bicyclic) bond motifs is 1. The summed E-state index contributed by atoms with van der Waals surface area (Å²) in [4.78, 5) is 26.7. The van der Waals surface area contributed by atoms with Gasteiger partial charge in [0.15, 0.2) is 0 Å². The number of H-pyrrole nitrogens is 1. The molecule has 0 unspecified atom stereocenters. The number of nitrogens with one attached hydrogen (secondary N) is 1. The molecule has 1 N–H and O–H groups in total. The van der Waals surface area contributed by atoms with Crippen molar-refractivity contribution >= 4 is 22.5 Å². The standard InChI is InChI=1S/C12H7ClN2O3/c13-7-3-4-9-8(6-7)11(16)15(12(17)14-9)10-2-1-5-18-10/h1-6H,(H,14,17). The van der Waals surface area contributed by atoms with E-state index in [0.717, 1.165) is 4.57 Å². The first-order chi connectivity index (χ1) is 8.66. The Labute approximate surface area is 105 Å². The minimum Gasteiger partial charge on any atom is -0.448 e. The van der Waals surface area contributed by atoms with Crippen molar-refractivity contribution < 1.29 is 4.42 Å². The monoisotopic (exact) mass is 262 g/mol. The Morgan fingerprint density at radius 2 is 2.06 bits per heavy atom. The molecular formula is C12H7ClN2O3. The number of aromatic amines is 1. The number of rotatable bonds is 1. The van der Waals surface area contributed by atoms with Gasteiger partial charge in [0.25, 0.3) is 5.56 Å². The highest BCUT2D eigenvalue weighted by Crippen LogP contribution is 2.14. The first-order valence-electron chi connectivity index (χ1n) is 5.15. The molecule has 90 valence electrons. The summed E-state index contributed by atoms with van der Waals surface area (Å²) >= 11 is 5.84. The molecule has 0 bridgehead atoms. The zero-order valence-corrected chi connectivity index (χ0v) is 9.77. The van der Waals surface area contributed by atoms with Crippen molar-refractivity contribution in [2.24, 2.45) is 0 Å². The SMILES string of the molecule is O=c1[nH]c2ccc(Cl)cc2c(=O)n1-c1ccco1. The Morgan fingerprint density at radius 3 is 2.78 bits per heavy atom. The van der Waals surface area contributed by atoms with Crippen LogP contribution < -0.4 is 11.2 Å². The second-order valence-corrected chi connectivity index (χ2v) is 4.15. The van der Waals surface area contributed by atoms with Crippen molar-refractivity contribution in [1.82, 2.24) is 9.55 Å². The lowest BCUT2D eigenvalue weighted by Gasteiger charge is -2.03. The van der Waals surface area contributed by atoms with E-state index in [1.807, 2.05) is 0 Å². The van der Waals surface area contributed by atoms with Crippen LogP contribution in [-0.4, -0.2) is 9.55 Å². The molecule has 6 heteroatoms. The topological polar surface area (TPSA) is 68.0 Å². The molecule has 2 aromatic heterocycles. The Bertz CT molecular complexity index is 831. The molecule has 0 amide bonds. The highest BCUT2D eigenvalue weighted by molar-refractivity contribution is 6.31. The Morgan fingerprint density at radius 1 is 1.22 bits per heavy atom. The maximum absolute atomic E-state index is 12.2. The van der Waals surface area contributed by atoms with Crippen molar-refractivity contribution in [3.63, 3.8) is 0 Å². The van der Waals surface area contributed by atoms with Gasteiger partial charge >= 0.3 is 5.69 Å². The molecule has 18 heavy (non-hydrogen) atoms. The minimum atomic E-state index is -0.551. The minimum absolute atomic E-state index is 0.170. The fourth-order valence-electron chi connectivity index (χ4n) is 1.78. The van der Waals surface area contributed by atoms with Crippen molar-refractivity contribution in [2.75, 3.05) is 0 Å². The molecule has 0 fully saturated rings. The lowest BCUT2D eigenvalue weighted by Crippen LogP contribution is -2.33. The van der Waals surface area contributed by atoms with Crippen LogP contribution in [-0.2, 0) is 0 Å². The van der Waals surface area contributed by atoms with Gasteiger partial charge in [-0.3, -0.25) is 4.79 Å². The van der Waals surface area contributed by atoms with Gasteiger partial charge in [-0.15, -0.1) is 0 Å². The molecule has 2 heterocycles. The van der Waals surface area contributed by atoms with Crippen LogP contribution in [0.25, 0.3) is 16.8 Å². The Kier molecular flexibility index (Phi) is 2.34. The zero-order chi connectivity index (χ0) is 12.7. The molecule has 5 nitrogen and oxygen atoms in total. The van der Waals surface area contributed by atoms with Crippen molar-refractivity contribution in [1.29, 1.82) is 0 Å². The van der Waals surface area contributed by atoms with Crippen LogP contribution >= 0.6 is 11.6 Å². The number of aromatic nitrogens is 2. The third-order valence-corrected chi connectivity index (χ3v) is 2.82. The molecule has 0 aliphatic rings. The molecule has 0 saturated heterocycles. The number of hydrogen-bond donors (Lipinski definition) is 1. The second-order valence-electron chi connectivity index (χ2n) is 3.71. The van der Waals surface area contributed by atoms with Gasteiger partial charge in [0.05, 0.1) is 17.2 Å². The van der Waals surface area contributed by atoms with Crippen LogP contribution in [0.4, 0.5) is 0 Å². The zero-order valence-electron chi connectivity index (χ0n) is 9.01. The number of furan rings is 1. The van der Waals surface area contributed by atoms with E-state index in [9.17, 15) is 9.59 Å². The summed E-state index contributed by atoms with van der Waals surface area (Å²) in [7, 11) is 0. The van der Waals surface area contributed by atoms with Gasteiger partial charge in [0.1, 0.15) is 0 Å². The third-order valence-electron chi connectivity index (χ3n) is 2.59. The summed E-state index contributed by atoms with van der Waals surface area (Å²) in [5.41, 5.74) is -0.576. The first kappa shape index (κ1) is 10.9. The predicted octanol–water partition coefficient (Wildman–Crippen LogP) is 1.93. The Balaban J connectivity index is 2.48. The van der Waals surface area contributed by atoms with E-state index in [1.165, 1.54) is 18.4 Å². The quantitative estimate of drug-likeness (QED) is 0.728. The number of benzene rings is 1. The fourth-order valence-corrected chi connectivity index (χ4v) is 1.96. The summed E-state index contributed by atoms with van der Waals surface area (Å²) in [6.45, 7) is 0. The number of halogens is 1. The highest BCUT2D eigenvalue weighted by atomic mass is 35.5. The van der Waals surface area contributed by atoms with E-state index in [1.54, 1.807) is 18.2 Å². The van der Waals surface area contributed by atoms with Gasteiger partial charge in [0, 0.05) is 11.1 Å². The third kappa shape index (κ3) is 1.56. The Hall–Kier alpha value is -2.27. The number of hydrogen-bond acceptors (Lipinski definition) is 3. The van der Waals surface area contributed by atoms with E-state index < -0.39 is 11.2 Å². The summed E-state index contributed by atoms with van der Waals surface area (Å²) in [6, 6.07) is 7.84. The van der Waals surface area contributed by atoms with E-state index in [2.05, 4.69) is 4.98 Å². The fraction of sp³-hybridized carbons (Fsp3) is 0. The van der Waals surface area contributed by atoms with Gasteiger partial charge in [0.2, 0.25) is 5.88 Å². The van der Waals surface area contributed by atoms with Crippen LogP contribution in [0.5, 0.6) is 0 Å². The molecule has 0 atom stereocenters. The van der Waals surface area contributed by atoms with Crippen molar-refractivity contribution in [2.45, 2.75) is 0 Å². The highest BCUT2D eigenvalue weighted by Gasteiger charge is 2.11. The van der Waals surface area contributed by atoms with Crippen LogP contribution in [0.1, 0.15) is 0 Å². The molecule has 0 saturated carbocycles. The molecule has 0 spiro atoms. The van der Waals surface area contributed by atoms with Crippen molar-refractivity contribution in [3.05, 3.63) is 62.5 Å². The van der Waals surface area contributed by atoms with Crippen LogP contribution in [0, 0.1) is 0 Å². The van der Waals surface area contributed by atoms with E-state index in [-0.39, 0.29) is 5.88 Å². The van der Waals surface area contributed by atoms with Gasteiger partial charge < -0.3 is 9.40 Å². The predicted molar refractivity (Wildman–Crippen MR) is 67.4 cm³/mol. The van der Waals surface area contributed by atoms with Gasteiger partial charge in [-0.05, 0) is 24.3 Å². The molecule has 0 radical (unpaired) electrons. The van der Waals surface area contributed by atoms with Gasteiger partial charge in [-0.2, -0.15) is 4.57 Å². The maximum Gasteiger partial charge on any atom is 0.335 e. The largest absolute Gasteiger partial charge is 0.448 e. The molecule has 3 rings (SSSR count). The average Bonchev–Trinajstić information content (AvgIpc) is 2.84. The van der Waals surface area contributed by atoms with Crippen LogP contribution in [0.2, 0.25) is 5.02 Å². The van der Waals surface area contributed by atoms with E-state index in [4.69, 9.17) is 16.0 Å². The first-order valence-corrected chi connectivity index (χ1v) is 5.53. The molecule has 0 aliphatic heterocycles. The van der Waals surface area contributed by atoms with E-state index >= 15 is 0 Å². The lowest BCUT2D eigenvalue weighted by molar-refractivity contribution is 0.528. The number of nitrogens with zero attached hydrogens (tertiary/aromatic N) is 1. The normalized spacial score (nSPS) is 10.9.